The second-order valence-corrected chi connectivity index (χ2v) is 7.16. The van der Waals surface area contributed by atoms with Crippen LogP contribution in [0.4, 0.5) is 0 Å². The van der Waals surface area contributed by atoms with E-state index in [4.69, 9.17) is 4.74 Å². The first kappa shape index (κ1) is 15.3. The van der Waals surface area contributed by atoms with Gasteiger partial charge in [0.1, 0.15) is 16.7 Å². The molecule has 2 aliphatic rings. The third-order valence-corrected chi connectivity index (χ3v) is 5.25. The zero-order chi connectivity index (χ0) is 16.8. The zero-order valence-corrected chi connectivity index (χ0v) is 14.4. The molecular weight excluding hydrogens is 328 g/mol. The average Bonchev–Trinajstić information content (AvgIpc) is 3.21. The van der Waals surface area contributed by atoms with Crippen molar-refractivity contribution in [2.75, 3.05) is 13.1 Å². The number of carbonyl (C=O) groups is 1. The molecule has 2 aromatic heterocycles. The molecule has 0 bridgehead atoms. The lowest BCUT2D eigenvalue weighted by Gasteiger charge is -2.38. The molecular formula is C16H18N4O3S. The Morgan fingerprint density at radius 1 is 1.29 bits per heavy atom. The Hall–Kier alpha value is -2.22. The highest BCUT2D eigenvalue weighted by molar-refractivity contribution is 7.07. The lowest BCUT2D eigenvalue weighted by molar-refractivity contribution is 0.0179. The molecule has 0 aromatic carbocycles. The fourth-order valence-corrected chi connectivity index (χ4v) is 3.62. The standard InChI is InChI=1S/C16H18N4O3S/c1-9-5-12(6-14(21)20(9)11-3-4-11)23-13-7-19(8-13)16(22)15-10(2)17-18-24-15/h5-6,11,13H,3-4,7-8H2,1-2H3. The molecule has 4 rings (SSSR count). The summed E-state index contributed by atoms with van der Waals surface area (Å²) in [6.45, 7) is 4.74. The van der Waals surface area contributed by atoms with E-state index >= 15 is 0 Å². The molecule has 0 N–H and O–H groups in total. The van der Waals surface area contributed by atoms with Gasteiger partial charge in [0.05, 0.1) is 18.8 Å². The highest BCUT2D eigenvalue weighted by Gasteiger charge is 2.35. The van der Waals surface area contributed by atoms with E-state index in [0.29, 0.717) is 35.5 Å². The minimum atomic E-state index is -0.0780. The molecule has 24 heavy (non-hydrogen) atoms. The average molecular weight is 346 g/mol. The molecule has 2 aromatic rings. The van der Waals surface area contributed by atoms with Crippen LogP contribution in [0.5, 0.6) is 5.75 Å². The van der Waals surface area contributed by atoms with Crippen molar-refractivity contribution in [2.24, 2.45) is 0 Å². The number of aryl methyl sites for hydroxylation is 2. The van der Waals surface area contributed by atoms with Gasteiger partial charge in [-0.2, -0.15) is 0 Å². The van der Waals surface area contributed by atoms with Crippen molar-refractivity contribution >= 4 is 17.4 Å². The molecule has 2 fully saturated rings. The second kappa shape index (κ2) is 5.70. The Morgan fingerprint density at radius 2 is 2.04 bits per heavy atom. The summed E-state index contributed by atoms with van der Waals surface area (Å²) in [7, 11) is 0. The summed E-state index contributed by atoms with van der Waals surface area (Å²) in [4.78, 5) is 26.8. The molecule has 3 heterocycles. The first-order chi connectivity index (χ1) is 11.5. The minimum Gasteiger partial charge on any atom is -0.486 e. The van der Waals surface area contributed by atoms with Crippen molar-refractivity contribution in [2.45, 2.75) is 38.8 Å². The van der Waals surface area contributed by atoms with Gasteiger partial charge in [-0.1, -0.05) is 4.49 Å². The molecule has 1 saturated heterocycles. The number of hydrogen-bond donors (Lipinski definition) is 0. The Balaban J connectivity index is 1.39. The lowest BCUT2D eigenvalue weighted by atomic mass is 10.1. The van der Waals surface area contributed by atoms with Gasteiger partial charge in [-0.05, 0) is 44.3 Å². The molecule has 126 valence electrons. The summed E-state index contributed by atoms with van der Waals surface area (Å²) in [5, 5.41) is 3.86. The van der Waals surface area contributed by atoms with Crippen LogP contribution in [0.25, 0.3) is 0 Å². The normalized spacial score (nSPS) is 17.7. The van der Waals surface area contributed by atoms with E-state index in [-0.39, 0.29) is 17.6 Å². The predicted molar refractivity (Wildman–Crippen MR) is 88.7 cm³/mol. The third kappa shape index (κ3) is 2.71. The smallest absolute Gasteiger partial charge is 0.267 e. The molecule has 0 radical (unpaired) electrons. The van der Waals surface area contributed by atoms with E-state index in [2.05, 4.69) is 9.59 Å². The first-order valence-electron chi connectivity index (χ1n) is 8.01. The Morgan fingerprint density at radius 3 is 2.62 bits per heavy atom. The number of ether oxygens (including phenoxy) is 1. The number of amides is 1. The topological polar surface area (TPSA) is 77.3 Å². The first-order valence-corrected chi connectivity index (χ1v) is 8.78. The second-order valence-electron chi connectivity index (χ2n) is 6.41. The van der Waals surface area contributed by atoms with Crippen molar-refractivity contribution in [3.05, 3.63) is 38.8 Å². The molecule has 7 nitrogen and oxygen atoms in total. The molecule has 0 atom stereocenters. The van der Waals surface area contributed by atoms with Gasteiger partial charge in [0, 0.05) is 17.8 Å². The van der Waals surface area contributed by atoms with E-state index in [0.717, 1.165) is 30.1 Å². The zero-order valence-electron chi connectivity index (χ0n) is 13.6. The molecule has 1 amide bonds. The number of rotatable bonds is 4. The van der Waals surface area contributed by atoms with Gasteiger partial charge in [-0.3, -0.25) is 9.59 Å². The Kier molecular flexibility index (Phi) is 3.64. The largest absolute Gasteiger partial charge is 0.486 e. The van der Waals surface area contributed by atoms with E-state index in [9.17, 15) is 9.59 Å². The molecule has 1 saturated carbocycles. The van der Waals surface area contributed by atoms with Gasteiger partial charge in [0.15, 0.2) is 0 Å². The molecule has 0 unspecified atom stereocenters. The number of likely N-dealkylation sites (tertiary alicyclic amines) is 1. The van der Waals surface area contributed by atoms with Crippen LogP contribution in [0.1, 0.15) is 39.9 Å². The van der Waals surface area contributed by atoms with Gasteiger partial charge in [0.2, 0.25) is 0 Å². The van der Waals surface area contributed by atoms with Crippen LogP contribution in [-0.4, -0.2) is 44.2 Å². The highest BCUT2D eigenvalue weighted by Crippen LogP contribution is 2.35. The van der Waals surface area contributed by atoms with E-state index in [1.165, 1.54) is 0 Å². The maximum absolute atomic E-state index is 12.3. The number of carbonyl (C=O) groups excluding carboxylic acids is 1. The van der Waals surface area contributed by atoms with Crippen LogP contribution >= 0.6 is 11.5 Å². The van der Waals surface area contributed by atoms with Crippen molar-refractivity contribution in [1.82, 2.24) is 19.1 Å². The van der Waals surface area contributed by atoms with Gasteiger partial charge < -0.3 is 14.2 Å². The maximum Gasteiger partial charge on any atom is 0.267 e. The van der Waals surface area contributed by atoms with Crippen LogP contribution in [-0.2, 0) is 0 Å². The van der Waals surface area contributed by atoms with Crippen LogP contribution in [0, 0.1) is 13.8 Å². The van der Waals surface area contributed by atoms with Crippen molar-refractivity contribution in [3.8, 4) is 5.75 Å². The minimum absolute atomic E-state index is 0.00823. The van der Waals surface area contributed by atoms with Crippen LogP contribution in [0.3, 0.4) is 0 Å². The van der Waals surface area contributed by atoms with Gasteiger partial charge in [-0.25, -0.2) is 0 Å². The third-order valence-electron chi connectivity index (χ3n) is 4.43. The molecule has 1 aliphatic carbocycles. The fourth-order valence-electron chi connectivity index (χ4n) is 2.99. The number of hydrogen-bond acceptors (Lipinski definition) is 6. The number of pyridine rings is 1. The monoisotopic (exact) mass is 346 g/mol. The molecule has 8 heteroatoms. The van der Waals surface area contributed by atoms with E-state index in [1.54, 1.807) is 17.9 Å². The van der Waals surface area contributed by atoms with Crippen LogP contribution in [0.15, 0.2) is 16.9 Å². The lowest BCUT2D eigenvalue weighted by Crippen LogP contribution is -2.56. The van der Waals surface area contributed by atoms with E-state index < -0.39 is 0 Å². The summed E-state index contributed by atoms with van der Waals surface area (Å²) in [6.07, 6.45) is 2.07. The van der Waals surface area contributed by atoms with Crippen LogP contribution in [0.2, 0.25) is 0 Å². The summed E-state index contributed by atoms with van der Waals surface area (Å²) in [5.41, 5.74) is 1.58. The SMILES string of the molecule is Cc1nnsc1C(=O)N1CC(Oc2cc(C)n(C3CC3)c(=O)c2)C1. The van der Waals surface area contributed by atoms with Gasteiger partial charge in [-0.15, -0.1) is 5.10 Å². The number of aromatic nitrogens is 3. The van der Waals surface area contributed by atoms with Crippen molar-refractivity contribution in [3.63, 3.8) is 0 Å². The van der Waals surface area contributed by atoms with Crippen LogP contribution < -0.4 is 10.3 Å². The molecule has 0 spiro atoms. The van der Waals surface area contributed by atoms with Crippen molar-refractivity contribution < 1.29 is 9.53 Å². The van der Waals surface area contributed by atoms with E-state index in [1.807, 2.05) is 17.6 Å². The summed E-state index contributed by atoms with van der Waals surface area (Å²) in [5.74, 6) is 0.532. The quantitative estimate of drug-likeness (QED) is 0.839. The van der Waals surface area contributed by atoms with Gasteiger partial charge in [0.25, 0.3) is 11.5 Å². The Labute approximate surface area is 143 Å². The fraction of sp³-hybridized carbons (Fsp3) is 0.500. The summed E-state index contributed by atoms with van der Waals surface area (Å²) >= 11 is 1.12. The maximum atomic E-state index is 12.3. The van der Waals surface area contributed by atoms with Gasteiger partial charge >= 0.3 is 0 Å². The molecule has 1 aliphatic heterocycles. The number of nitrogens with zero attached hydrogens (tertiary/aromatic N) is 4. The summed E-state index contributed by atoms with van der Waals surface area (Å²) < 4.78 is 11.5. The predicted octanol–water partition coefficient (Wildman–Crippen LogP) is 1.55. The highest BCUT2D eigenvalue weighted by atomic mass is 32.1. The summed E-state index contributed by atoms with van der Waals surface area (Å²) in [6, 6.07) is 3.81. The Bertz CT molecular complexity index is 849. The van der Waals surface area contributed by atoms with Crippen molar-refractivity contribution in [1.29, 1.82) is 0 Å².